The molecule has 0 radical (unpaired) electrons. The number of hydrogen-bond donors (Lipinski definition) is 1. The number of imide groups is 1. The Morgan fingerprint density at radius 1 is 1.18 bits per heavy atom. The van der Waals surface area contributed by atoms with E-state index in [4.69, 9.17) is 5.73 Å². The summed E-state index contributed by atoms with van der Waals surface area (Å²) in [5.41, 5.74) is 4.69. The Morgan fingerprint density at radius 2 is 1.82 bits per heavy atom. The molecule has 2 rings (SSSR count). The van der Waals surface area contributed by atoms with Crippen LogP contribution in [0.2, 0.25) is 0 Å². The van der Waals surface area contributed by atoms with Crippen LogP contribution in [0.4, 0.5) is 18.9 Å². The zero-order valence-electron chi connectivity index (χ0n) is 8.41. The average Bonchev–Trinajstić information content (AvgIpc) is 2.52. The number of rotatable bonds is 1. The molecule has 90 valence electrons. The maximum absolute atomic E-state index is 13.4. The van der Waals surface area contributed by atoms with E-state index in [0.717, 1.165) is 6.07 Å². The van der Waals surface area contributed by atoms with Crippen molar-refractivity contribution >= 4 is 17.5 Å². The van der Waals surface area contributed by atoms with Crippen molar-refractivity contribution in [3.8, 4) is 0 Å². The number of carbonyl (C=O) groups excluding carboxylic acids is 2. The number of carbonyl (C=O) groups is 2. The van der Waals surface area contributed by atoms with Gasteiger partial charge in [-0.15, -0.1) is 0 Å². The molecule has 7 heteroatoms. The predicted molar refractivity (Wildman–Crippen MR) is 51.4 cm³/mol. The zero-order valence-corrected chi connectivity index (χ0v) is 8.41. The van der Waals surface area contributed by atoms with Crippen LogP contribution in [-0.2, 0) is 9.59 Å². The molecule has 1 unspecified atom stereocenters. The van der Waals surface area contributed by atoms with Crippen molar-refractivity contribution in [2.45, 2.75) is 12.5 Å². The lowest BCUT2D eigenvalue weighted by atomic mass is 10.2. The molecule has 0 bridgehead atoms. The molecule has 2 N–H and O–H groups in total. The van der Waals surface area contributed by atoms with E-state index in [2.05, 4.69) is 0 Å². The fourth-order valence-corrected chi connectivity index (χ4v) is 1.60. The molecular formula is C10H7F3N2O2. The van der Waals surface area contributed by atoms with Crippen LogP contribution in [0, 0.1) is 17.5 Å². The van der Waals surface area contributed by atoms with Crippen LogP contribution in [0.1, 0.15) is 6.42 Å². The van der Waals surface area contributed by atoms with E-state index < -0.39 is 41.0 Å². The maximum atomic E-state index is 13.4. The Bertz CT molecular complexity index is 519. The molecular weight excluding hydrogens is 237 g/mol. The Hall–Kier alpha value is -1.89. The molecule has 1 aromatic rings. The highest BCUT2D eigenvalue weighted by Crippen LogP contribution is 2.27. The molecule has 1 atom stereocenters. The summed E-state index contributed by atoms with van der Waals surface area (Å²) in [5.74, 6) is -6.29. The summed E-state index contributed by atoms with van der Waals surface area (Å²) in [6.07, 6.45) is -0.280. The quantitative estimate of drug-likeness (QED) is 0.584. The largest absolute Gasteiger partial charge is 0.319 e. The van der Waals surface area contributed by atoms with E-state index in [1.165, 1.54) is 0 Å². The number of halogens is 3. The van der Waals surface area contributed by atoms with Crippen LogP contribution in [0.25, 0.3) is 0 Å². The van der Waals surface area contributed by atoms with Crippen LogP contribution in [-0.4, -0.2) is 17.9 Å². The van der Waals surface area contributed by atoms with Gasteiger partial charge in [-0.25, -0.2) is 18.1 Å². The van der Waals surface area contributed by atoms with Crippen molar-refractivity contribution in [3.63, 3.8) is 0 Å². The smallest absolute Gasteiger partial charge is 0.251 e. The predicted octanol–water partition coefficient (Wildman–Crippen LogP) is 0.694. The molecule has 0 spiro atoms. The Labute approximate surface area is 93.8 Å². The van der Waals surface area contributed by atoms with E-state index in [1.54, 1.807) is 0 Å². The molecule has 17 heavy (non-hydrogen) atoms. The molecule has 0 aliphatic carbocycles. The summed E-state index contributed by atoms with van der Waals surface area (Å²) < 4.78 is 39.0. The van der Waals surface area contributed by atoms with Gasteiger partial charge in [-0.1, -0.05) is 0 Å². The van der Waals surface area contributed by atoms with Gasteiger partial charge in [-0.3, -0.25) is 9.59 Å². The van der Waals surface area contributed by atoms with Crippen LogP contribution < -0.4 is 10.6 Å². The van der Waals surface area contributed by atoms with E-state index in [1.807, 2.05) is 0 Å². The molecule has 1 aliphatic rings. The van der Waals surface area contributed by atoms with Crippen LogP contribution in [0.5, 0.6) is 0 Å². The summed E-state index contributed by atoms with van der Waals surface area (Å²) in [5, 5.41) is 0. The first-order valence-corrected chi connectivity index (χ1v) is 4.69. The highest BCUT2D eigenvalue weighted by atomic mass is 19.2. The number of benzene rings is 1. The first-order valence-electron chi connectivity index (χ1n) is 4.69. The fourth-order valence-electron chi connectivity index (χ4n) is 1.60. The summed E-state index contributed by atoms with van der Waals surface area (Å²) in [4.78, 5) is 23.3. The number of nitrogens with zero attached hydrogens (tertiary/aromatic N) is 1. The summed E-state index contributed by atoms with van der Waals surface area (Å²) >= 11 is 0. The summed E-state index contributed by atoms with van der Waals surface area (Å²) in [6.45, 7) is 0. The molecule has 1 aromatic carbocycles. The SMILES string of the molecule is NC1CC(=O)N(c2ccc(F)c(F)c2F)C1=O. The molecule has 4 nitrogen and oxygen atoms in total. The van der Waals surface area contributed by atoms with Crippen molar-refractivity contribution in [3.05, 3.63) is 29.6 Å². The second-order valence-electron chi connectivity index (χ2n) is 3.57. The van der Waals surface area contributed by atoms with Gasteiger partial charge in [0.25, 0.3) is 5.91 Å². The van der Waals surface area contributed by atoms with Crippen molar-refractivity contribution in [2.24, 2.45) is 5.73 Å². The number of nitrogens with two attached hydrogens (primary N) is 1. The lowest BCUT2D eigenvalue weighted by Gasteiger charge is -2.15. The van der Waals surface area contributed by atoms with E-state index in [-0.39, 0.29) is 6.42 Å². The molecule has 1 heterocycles. The van der Waals surface area contributed by atoms with Crippen molar-refractivity contribution in [1.29, 1.82) is 0 Å². The monoisotopic (exact) mass is 244 g/mol. The third kappa shape index (κ3) is 1.68. The fraction of sp³-hybridized carbons (Fsp3) is 0.200. The van der Waals surface area contributed by atoms with Gasteiger partial charge in [0.2, 0.25) is 5.91 Å². The minimum atomic E-state index is -1.73. The average molecular weight is 244 g/mol. The standard InChI is InChI=1S/C10H7F3N2O2/c11-4-1-2-6(9(13)8(4)12)15-7(16)3-5(14)10(15)17/h1-2,5H,3,14H2. The Balaban J connectivity index is 2.52. The Kier molecular flexibility index (Phi) is 2.62. The first kappa shape index (κ1) is 11.6. The van der Waals surface area contributed by atoms with Crippen molar-refractivity contribution in [2.75, 3.05) is 4.90 Å². The van der Waals surface area contributed by atoms with E-state index >= 15 is 0 Å². The third-order valence-electron chi connectivity index (χ3n) is 2.44. The van der Waals surface area contributed by atoms with Gasteiger partial charge in [0, 0.05) is 0 Å². The topological polar surface area (TPSA) is 63.4 Å². The van der Waals surface area contributed by atoms with Crippen molar-refractivity contribution < 1.29 is 22.8 Å². The maximum Gasteiger partial charge on any atom is 0.251 e. The second kappa shape index (κ2) is 3.85. The summed E-state index contributed by atoms with van der Waals surface area (Å²) in [7, 11) is 0. The van der Waals surface area contributed by atoms with Gasteiger partial charge in [0.05, 0.1) is 18.2 Å². The lowest BCUT2D eigenvalue weighted by molar-refractivity contribution is -0.121. The molecule has 1 fully saturated rings. The third-order valence-corrected chi connectivity index (χ3v) is 2.44. The van der Waals surface area contributed by atoms with Gasteiger partial charge in [0.15, 0.2) is 17.5 Å². The van der Waals surface area contributed by atoms with Gasteiger partial charge >= 0.3 is 0 Å². The molecule has 1 saturated heterocycles. The first-order chi connectivity index (χ1) is 7.93. The molecule has 0 aromatic heterocycles. The zero-order chi connectivity index (χ0) is 12.7. The van der Waals surface area contributed by atoms with Crippen LogP contribution in [0.3, 0.4) is 0 Å². The van der Waals surface area contributed by atoms with Crippen molar-refractivity contribution in [1.82, 2.24) is 0 Å². The van der Waals surface area contributed by atoms with Crippen LogP contribution >= 0.6 is 0 Å². The van der Waals surface area contributed by atoms with Gasteiger partial charge in [-0.2, -0.15) is 0 Å². The lowest BCUT2D eigenvalue weighted by Crippen LogP contribution is -2.36. The van der Waals surface area contributed by atoms with Gasteiger partial charge in [0.1, 0.15) is 0 Å². The molecule has 1 aliphatic heterocycles. The van der Waals surface area contributed by atoms with Crippen LogP contribution in [0.15, 0.2) is 12.1 Å². The van der Waals surface area contributed by atoms with E-state index in [0.29, 0.717) is 11.0 Å². The van der Waals surface area contributed by atoms with Gasteiger partial charge < -0.3 is 5.73 Å². The second-order valence-corrected chi connectivity index (χ2v) is 3.57. The number of amides is 2. The minimum Gasteiger partial charge on any atom is -0.319 e. The normalized spacial score (nSPS) is 20.2. The Morgan fingerprint density at radius 3 is 2.35 bits per heavy atom. The highest BCUT2D eigenvalue weighted by molar-refractivity contribution is 6.22. The molecule has 2 amide bonds. The summed E-state index contributed by atoms with van der Waals surface area (Å²) in [6, 6.07) is 0.384. The highest BCUT2D eigenvalue weighted by Gasteiger charge is 2.39. The number of hydrogen-bond acceptors (Lipinski definition) is 3. The number of anilines is 1. The molecule has 0 saturated carbocycles. The van der Waals surface area contributed by atoms with E-state index in [9.17, 15) is 22.8 Å². The van der Waals surface area contributed by atoms with Gasteiger partial charge in [-0.05, 0) is 12.1 Å². The minimum absolute atomic E-state index is 0.280.